The third-order valence-corrected chi connectivity index (χ3v) is 4.31. The van der Waals surface area contributed by atoms with Gasteiger partial charge in [0.05, 0.1) is 14.2 Å². The van der Waals surface area contributed by atoms with Crippen LogP contribution >= 0.6 is 46.4 Å². The van der Waals surface area contributed by atoms with E-state index in [2.05, 4.69) is 10.6 Å². The summed E-state index contributed by atoms with van der Waals surface area (Å²) in [6.45, 7) is 0. The standard InChI is InChI=1S/C17H16Cl4N2O3/c1-25-13-8-3-10(9-14(13)26-2)15(24)23-16(17(19,20)21)22-12-6-4-11(18)5-7-12/h3-9,16,22H,1-2H3,(H,23,24)/t16-/m0/s1. The van der Waals surface area contributed by atoms with Gasteiger partial charge in [0.2, 0.25) is 3.79 Å². The van der Waals surface area contributed by atoms with Crippen LogP contribution in [0.1, 0.15) is 10.4 Å². The van der Waals surface area contributed by atoms with Crippen molar-refractivity contribution in [3.8, 4) is 11.5 Å². The zero-order valence-corrected chi connectivity index (χ0v) is 16.9. The number of anilines is 1. The van der Waals surface area contributed by atoms with Gasteiger partial charge < -0.3 is 20.1 Å². The Morgan fingerprint density at radius 3 is 2.15 bits per heavy atom. The lowest BCUT2D eigenvalue weighted by molar-refractivity contribution is 0.0941. The maximum absolute atomic E-state index is 12.6. The van der Waals surface area contributed by atoms with E-state index in [0.717, 1.165) is 0 Å². The lowest BCUT2D eigenvalue weighted by atomic mass is 10.2. The second-order valence-electron chi connectivity index (χ2n) is 5.17. The molecule has 2 aromatic carbocycles. The maximum atomic E-state index is 12.6. The topological polar surface area (TPSA) is 59.6 Å². The monoisotopic (exact) mass is 436 g/mol. The number of halogens is 4. The van der Waals surface area contributed by atoms with Gasteiger partial charge >= 0.3 is 0 Å². The summed E-state index contributed by atoms with van der Waals surface area (Å²) in [6, 6.07) is 11.5. The Morgan fingerprint density at radius 1 is 1.00 bits per heavy atom. The summed E-state index contributed by atoms with van der Waals surface area (Å²) in [6.07, 6.45) is -0.991. The van der Waals surface area contributed by atoms with Gasteiger partial charge in [0.15, 0.2) is 11.5 Å². The highest BCUT2D eigenvalue weighted by molar-refractivity contribution is 6.68. The van der Waals surface area contributed by atoms with Crippen LogP contribution in [0.15, 0.2) is 42.5 Å². The molecule has 9 heteroatoms. The van der Waals surface area contributed by atoms with Crippen molar-refractivity contribution < 1.29 is 14.3 Å². The third-order valence-electron chi connectivity index (χ3n) is 3.40. The molecule has 2 N–H and O–H groups in total. The highest BCUT2D eigenvalue weighted by Crippen LogP contribution is 2.32. The highest BCUT2D eigenvalue weighted by Gasteiger charge is 2.34. The number of carbonyl (C=O) groups excluding carboxylic acids is 1. The number of hydrogen-bond acceptors (Lipinski definition) is 4. The molecule has 2 rings (SSSR count). The average Bonchev–Trinajstić information content (AvgIpc) is 2.61. The van der Waals surface area contributed by atoms with Gasteiger partial charge in [0.25, 0.3) is 5.91 Å². The van der Waals surface area contributed by atoms with Crippen molar-refractivity contribution in [2.75, 3.05) is 19.5 Å². The summed E-state index contributed by atoms with van der Waals surface area (Å²) in [5, 5.41) is 6.17. The van der Waals surface area contributed by atoms with Crippen molar-refractivity contribution in [3.05, 3.63) is 53.1 Å². The van der Waals surface area contributed by atoms with E-state index in [1.165, 1.54) is 20.3 Å². The first-order chi connectivity index (χ1) is 12.2. The predicted molar refractivity (Wildman–Crippen MR) is 106 cm³/mol. The Kier molecular flexibility index (Phi) is 7.12. The van der Waals surface area contributed by atoms with E-state index in [1.54, 1.807) is 36.4 Å². The molecule has 0 aliphatic heterocycles. The number of hydrogen-bond donors (Lipinski definition) is 2. The van der Waals surface area contributed by atoms with Gasteiger partial charge in [0.1, 0.15) is 6.17 Å². The SMILES string of the molecule is COc1ccc(C(=O)N[C@H](Nc2ccc(Cl)cc2)C(Cl)(Cl)Cl)cc1OC. The van der Waals surface area contributed by atoms with Gasteiger partial charge in [-0.15, -0.1) is 0 Å². The quantitative estimate of drug-likeness (QED) is 0.498. The molecule has 26 heavy (non-hydrogen) atoms. The number of methoxy groups -OCH3 is 2. The molecule has 0 unspecified atom stereocenters. The fourth-order valence-electron chi connectivity index (χ4n) is 2.10. The van der Waals surface area contributed by atoms with Crippen LogP contribution in [-0.2, 0) is 0 Å². The molecular weight excluding hydrogens is 422 g/mol. The molecule has 0 radical (unpaired) electrons. The first-order valence-electron chi connectivity index (χ1n) is 7.36. The Balaban J connectivity index is 2.20. The highest BCUT2D eigenvalue weighted by atomic mass is 35.6. The second kappa shape index (κ2) is 8.91. The van der Waals surface area contributed by atoms with E-state index < -0.39 is 15.9 Å². The van der Waals surface area contributed by atoms with E-state index in [4.69, 9.17) is 55.9 Å². The largest absolute Gasteiger partial charge is 0.493 e. The van der Waals surface area contributed by atoms with Crippen molar-refractivity contribution in [1.29, 1.82) is 0 Å². The summed E-state index contributed by atoms with van der Waals surface area (Å²) < 4.78 is 8.55. The van der Waals surface area contributed by atoms with Crippen molar-refractivity contribution in [2.24, 2.45) is 0 Å². The molecule has 0 saturated carbocycles. The van der Waals surface area contributed by atoms with E-state index in [0.29, 0.717) is 27.8 Å². The van der Waals surface area contributed by atoms with Crippen LogP contribution in [0.25, 0.3) is 0 Å². The Labute approximate surface area is 171 Å². The first kappa shape index (κ1) is 20.8. The van der Waals surface area contributed by atoms with Gasteiger partial charge in [0, 0.05) is 16.3 Å². The van der Waals surface area contributed by atoms with Gasteiger partial charge in [-0.05, 0) is 42.5 Å². The van der Waals surface area contributed by atoms with E-state index in [1.807, 2.05) is 0 Å². The molecule has 0 aliphatic rings. The van der Waals surface area contributed by atoms with Gasteiger partial charge in [-0.3, -0.25) is 4.79 Å². The lowest BCUT2D eigenvalue weighted by Crippen LogP contribution is -2.49. The van der Waals surface area contributed by atoms with Crippen LogP contribution in [0.2, 0.25) is 5.02 Å². The molecule has 0 saturated heterocycles. The fourth-order valence-corrected chi connectivity index (χ4v) is 2.56. The minimum Gasteiger partial charge on any atom is -0.493 e. The van der Waals surface area contributed by atoms with Crippen molar-refractivity contribution in [2.45, 2.75) is 9.96 Å². The minimum atomic E-state index is -1.80. The van der Waals surface area contributed by atoms with Gasteiger partial charge in [-0.2, -0.15) is 0 Å². The van der Waals surface area contributed by atoms with Crippen molar-refractivity contribution >= 4 is 58.0 Å². The molecule has 0 spiro atoms. The van der Waals surface area contributed by atoms with Crippen LogP contribution < -0.4 is 20.1 Å². The number of ether oxygens (including phenoxy) is 2. The summed E-state index contributed by atoms with van der Waals surface area (Å²) in [4.78, 5) is 12.6. The number of rotatable bonds is 6. The number of nitrogens with one attached hydrogen (secondary N) is 2. The van der Waals surface area contributed by atoms with E-state index in [9.17, 15) is 4.79 Å². The van der Waals surface area contributed by atoms with Crippen LogP contribution in [-0.4, -0.2) is 30.1 Å². The minimum absolute atomic E-state index is 0.319. The number of alkyl halides is 3. The summed E-state index contributed by atoms with van der Waals surface area (Å²) in [5.41, 5.74) is 0.943. The third kappa shape index (κ3) is 5.48. The maximum Gasteiger partial charge on any atom is 0.253 e. The molecule has 0 aliphatic carbocycles. The normalized spacial score (nSPS) is 12.2. The molecule has 2 aromatic rings. The summed E-state index contributed by atoms with van der Waals surface area (Å²) >= 11 is 23.9. The second-order valence-corrected chi connectivity index (χ2v) is 7.97. The molecule has 0 fully saturated rings. The zero-order chi connectivity index (χ0) is 19.3. The van der Waals surface area contributed by atoms with Crippen molar-refractivity contribution in [3.63, 3.8) is 0 Å². The van der Waals surface area contributed by atoms with Crippen molar-refractivity contribution in [1.82, 2.24) is 5.32 Å². The van der Waals surface area contributed by atoms with Crippen LogP contribution in [0.3, 0.4) is 0 Å². The molecule has 0 heterocycles. The molecular formula is C17H16Cl4N2O3. The first-order valence-corrected chi connectivity index (χ1v) is 8.87. The smallest absolute Gasteiger partial charge is 0.253 e. The molecule has 1 atom stereocenters. The van der Waals surface area contributed by atoms with Gasteiger partial charge in [-0.1, -0.05) is 46.4 Å². The Morgan fingerprint density at radius 2 is 1.62 bits per heavy atom. The molecule has 5 nitrogen and oxygen atoms in total. The van der Waals surface area contributed by atoms with Crippen LogP contribution in [0.4, 0.5) is 5.69 Å². The Hall–Kier alpha value is -1.53. The Bertz CT molecular complexity index is 764. The fraction of sp³-hybridized carbons (Fsp3) is 0.235. The van der Waals surface area contributed by atoms with E-state index >= 15 is 0 Å². The number of carbonyl (C=O) groups is 1. The predicted octanol–water partition coefficient (Wildman–Crippen LogP) is 4.90. The van der Waals surface area contributed by atoms with Gasteiger partial charge in [-0.25, -0.2) is 0 Å². The summed E-state index contributed by atoms with van der Waals surface area (Å²) in [5.74, 6) is 0.459. The lowest BCUT2D eigenvalue weighted by Gasteiger charge is -2.27. The molecule has 0 aromatic heterocycles. The van der Waals surface area contributed by atoms with Crippen LogP contribution in [0.5, 0.6) is 11.5 Å². The molecule has 1 amide bonds. The van der Waals surface area contributed by atoms with E-state index in [-0.39, 0.29) is 0 Å². The zero-order valence-electron chi connectivity index (χ0n) is 13.9. The average molecular weight is 438 g/mol. The molecule has 0 bridgehead atoms. The van der Waals surface area contributed by atoms with Crippen LogP contribution in [0, 0.1) is 0 Å². The number of benzene rings is 2. The molecule has 140 valence electrons. The number of amides is 1. The summed E-state index contributed by atoms with van der Waals surface area (Å²) in [7, 11) is 2.98.